The summed E-state index contributed by atoms with van der Waals surface area (Å²) in [7, 11) is 0. The molecule has 0 aliphatic rings. The van der Waals surface area contributed by atoms with Gasteiger partial charge in [0, 0.05) is 17.3 Å². The highest BCUT2D eigenvalue weighted by Gasteiger charge is 2.14. The maximum Gasteiger partial charge on any atom is 0.238 e. The number of fused-ring (bicyclic) bond motifs is 1. The highest BCUT2D eigenvalue weighted by Crippen LogP contribution is 2.31. The molecule has 128 valence electrons. The van der Waals surface area contributed by atoms with Gasteiger partial charge in [-0.05, 0) is 49.1 Å². The minimum absolute atomic E-state index is 0. The molecular weight excluding hydrogens is 327 g/mol. The third-order valence-corrected chi connectivity index (χ3v) is 4.18. The van der Waals surface area contributed by atoms with Crippen molar-refractivity contribution in [1.82, 2.24) is 9.97 Å². The third-order valence-electron chi connectivity index (χ3n) is 4.18. The van der Waals surface area contributed by atoms with Crippen LogP contribution in [0.2, 0.25) is 0 Å². The number of ether oxygens (including phenoxy) is 1. The lowest BCUT2D eigenvalue weighted by molar-refractivity contribution is 0.297. The van der Waals surface area contributed by atoms with Crippen molar-refractivity contribution in [3.63, 3.8) is 0 Å². The molecular formula is C19H22ClFN2O. The Morgan fingerprint density at radius 1 is 1.17 bits per heavy atom. The van der Waals surface area contributed by atoms with Gasteiger partial charge in [-0.1, -0.05) is 25.5 Å². The average molecular weight is 349 g/mol. The lowest BCUT2D eigenvalue weighted by atomic mass is 10.0. The Bertz CT molecular complexity index is 827. The summed E-state index contributed by atoms with van der Waals surface area (Å²) in [5.74, 6) is 0.356. The highest BCUT2D eigenvalue weighted by atomic mass is 35.5. The molecule has 0 aliphatic heterocycles. The van der Waals surface area contributed by atoms with Crippen LogP contribution in [-0.2, 0) is 13.0 Å². The van der Waals surface area contributed by atoms with Gasteiger partial charge in [-0.15, -0.1) is 12.4 Å². The second-order valence-corrected chi connectivity index (χ2v) is 5.88. The van der Waals surface area contributed by atoms with Crippen LogP contribution in [0.15, 0.2) is 30.5 Å². The van der Waals surface area contributed by atoms with Gasteiger partial charge >= 0.3 is 0 Å². The molecule has 0 saturated heterocycles. The molecule has 0 bridgehead atoms. The largest absolute Gasteiger partial charge is 0.471 e. The lowest BCUT2D eigenvalue weighted by Gasteiger charge is -2.09. The monoisotopic (exact) mass is 348 g/mol. The van der Waals surface area contributed by atoms with Crippen LogP contribution in [-0.4, -0.2) is 9.97 Å². The van der Waals surface area contributed by atoms with Gasteiger partial charge in [0.05, 0.1) is 0 Å². The molecule has 0 spiro atoms. The predicted molar refractivity (Wildman–Crippen MR) is 97.5 cm³/mol. The van der Waals surface area contributed by atoms with Crippen LogP contribution >= 0.6 is 12.4 Å². The van der Waals surface area contributed by atoms with Gasteiger partial charge in [0.2, 0.25) is 5.88 Å². The van der Waals surface area contributed by atoms with E-state index < -0.39 is 0 Å². The number of aromatic amines is 1. The van der Waals surface area contributed by atoms with Gasteiger partial charge < -0.3 is 9.72 Å². The zero-order chi connectivity index (χ0) is 16.4. The summed E-state index contributed by atoms with van der Waals surface area (Å²) in [5.41, 5.74) is 5.50. The number of rotatable bonds is 5. The summed E-state index contributed by atoms with van der Waals surface area (Å²) in [6.07, 6.45) is 3.99. The second-order valence-electron chi connectivity index (χ2n) is 5.88. The Hall–Kier alpha value is -2.07. The molecule has 2 heterocycles. The van der Waals surface area contributed by atoms with E-state index in [0.29, 0.717) is 12.5 Å². The molecule has 3 aromatic rings. The summed E-state index contributed by atoms with van der Waals surface area (Å²) in [4.78, 5) is 7.88. The van der Waals surface area contributed by atoms with Crippen molar-refractivity contribution in [3.8, 4) is 5.88 Å². The molecule has 0 saturated carbocycles. The van der Waals surface area contributed by atoms with E-state index in [1.165, 1.54) is 28.6 Å². The normalized spacial score (nSPS) is 10.7. The first kappa shape index (κ1) is 18.3. The molecule has 1 N–H and O–H groups in total. The maximum absolute atomic E-state index is 13.0. The molecule has 0 atom stereocenters. The van der Waals surface area contributed by atoms with Gasteiger partial charge in [0.15, 0.2) is 0 Å². The topological polar surface area (TPSA) is 37.9 Å². The first-order chi connectivity index (χ1) is 11.1. The Morgan fingerprint density at radius 2 is 1.88 bits per heavy atom. The molecule has 0 amide bonds. The zero-order valence-electron chi connectivity index (χ0n) is 14.1. The third kappa shape index (κ3) is 3.54. The number of halogens is 2. The molecule has 3 nitrogen and oxygen atoms in total. The zero-order valence-corrected chi connectivity index (χ0v) is 15.0. The van der Waals surface area contributed by atoms with Crippen LogP contribution in [0, 0.1) is 19.7 Å². The predicted octanol–water partition coefficient (Wildman–Crippen LogP) is 5.27. The molecule has 5 heteroatoms. The summed E-state index contributed by atoms with van der Waals surface area (Å²) >= 11 is 0. The van der Waals surface area contributed by atoms with Crippen molar-refractivity contribution in [2.75, 3.05) is 0 Å². The Labute approximate surface area is 147 Å². The highest BCUT2D eigenvalue weighted by molar-refractivity contribution is 5.90. The number of hydrogen-bond donors (Lipinski definition) is 1. The summed E-state index contributed by atoms with van der Waals surface area (Å²) in [6, 6.07) is 6.33. The number of aromatic nitrogens is 2. The Balaban J connectivity index is 0.00000208. The number of aryl methyl sites for hydroxylation is 3. The van der Waals surface area contributed by atoms with E-state index in [4.69, 9.17) is 4.74 Å². The molecule has 0 unspecified atom stereocenters. The van der Waals surface area contributed by atoms with Gasteiger partial charge in [-0.3, -0.25) is 0 Å². The molecule has 3 rings (SSSR count). The van der Waals surface area contributed by atoms with Crippen molar-refractivity contribution in [1.29, 1.82) is 0 Å². The smallest absolute Gasteiger partial charge is 0.238 e. The SMILES string of the molecule is CCCc1cnc(OCc2ccc(F)cc2)c2[nH]c(C)c(C)c12.Cl. The van der Waals surface area contributed by atoms with E-state index in [0.717, 1.165) is 29.6 Å². The van der Waals surface area contributed by atoms with Crippen molar-refractivity contribution in [2.45, 2.75) is 40.2 Å². The van der Waals surface area contributed by atoms with Crippen molar-refractivity contribution < 1.29 is 9.13 Å². The van der Waals surface area contributed by atoms with E-state index in [1.807, 2.05) is 6.20 Å². The standard InChI is InChI=1S/C19H21FN2O.ClH/c1-4-5-15-10-21-19(18-17(15)12(2)13(3)22-18)23-11-14-6-8-16(20)9-7-14;/h6-10,22H,4-5,11H2,1-3H3;1H. The van der Waals surface area contributed by atoms with Crippen molar-refractivity contribution >= 4 is 23.3 Å². The van der Waals surface area contributed by atoms with E-state index in [9.17, 15) is 4.39 Å². The maximum atomic E-state index is 13.0. The average Bonchev–Trinajstić information content (AvgIpc) is 2.84. The number of hydrogen-bond acceptors (Lipinski definition) is 2. The number of nitrogens with one attached hydrogen (secondary N) is 1. The lowest BCUT2D eigenvalue weighted by Crippen LogP contribution is -1.99. The van der Waals surface area contributed by atoms with Crippen LogP contribution in [0.1, 0.15) is 35.7 Å². The molecule has 1 aromatic carbocycles. The molecule has 0 aliphatic carbocycles. The van der Waals surface area contributed by atoms with Crippen molar-refractivity contribution in [2.24, 2.45) is 0 Å². The first-order valence-corrected chi connectivity index (χ1v) is 7.94. The summed E-state index contributed by atoms with van der Waals surface area (Å²) < 4.78 is 18.8. The summed E-state index contributed by atoms with van der Waals surface area (Å²) in [6.45, 7) is 6.72. The molecule has 2 aromatic heterocycles. The van der Waals surface area contributed by atoms with E-state index >= 15 is 0 Å². The van der Waals surface area contributed by atoms with Crippen LogP contribution in [0.25, 0.3) is 10.9 Å². The molecule has 0 radical (unpaired) electrons. The van der Waals surface area contributed by atoms with Crippen LogP contribution in [0.4, 0.5) is 4.39 Å². The minimum Gasteiger partial charge on any atom is -0.471 e. The second kappa shape index (κ2) is 7.67. The van der Waals surface area contributed by atoms with Gasteiger partial charge in [0.1, 0.15) is 17.9 Å². The molecule has 0 fully saturated rings. The van der Waals surface area contributed by atoms with Crippen LogP contribution < -0.4 is 4.74 Å². The quantitative estimate of drug-likeness (QED) is 0.681. The first-order valence-electron chi connectivity index (χ1n) is 7.94. The fourth-order valence-corrected chi connectivity index (χ4v) is 2.85. The molecule has 24 heavy (non-hydrogen) atoms. The summed E-state index contributed by atoms with van der Waals surface area (Å²) in [5, 5.41) is 1.22. The fraction of sp³-hybridized carbons (Fsp3) is 0.316. The van der Waals surface area contributed by atoms with E-state index in [1.54, 1.807) is 12.1 Å². The van der Waals surface area contributed by atoms with Crippen molar-refractivity contribution in [3.05, 3.63) is 58.7 Å². The number of pyridine rings is 1. The van der Waals surface area contributed by atoms with Gasteiger partial charge in [-0.25, -0.2) is 9.37 Å². The van der Waals surface area contributed by atoms with Gasteiger partial charge in [-0.2, -0.15) is 0 Å². The number of H-pyrrole nitrogens is 1. The van der Waals surface area contributed by atoms with E-state index in [2.05, 4.69) is 30.7 Å². The van der Waals surface area contributed by atoms with Crippen LogP contribution in [0.5, 0.6) is 5.88 Å². The van der Waals surface area contributed by atoms with E-state index in [-0.39, 0.29) is 18.2 Å². The number of nitrogens with zero attached hydrogens (tertiary/aromatic N) is 1. The van der Waals surface area contributed by atoms with Gasteiger partial charge in [0.25, 0.3) is 0 Å². The fourth-order valence-electron chi connectivity index (χ4n) is 2.85. The van der Waals surface area contributed by atoms with Crippen LogP contribution in [0.3, 0.4) is 0 Å². The minimum atomic E-state index is -0.242. The Morgan fingerprint density at radius 3 is 2.54 bits per heavy atom. The number of benzene rings is 1. The Kier molecular flexibility index (Phi) is 5.84.